The summed E-state index contributed by atoms with van der Waals surface area (Å²) in [6.07, 6.45) is 1.61. The monoisotopic (exact) mass is 443 g/mol. The van der Waals surface area contributed by atoms with Gasteiger partial charge in [0.25, 0.3) is 5.69 Å². The molecule has 0 aliphatic rings. The van der Waals surface area contributed by atoms with Gasteiger partial charge in [-0.05, 0) is 66.7 Å². The minimum atomic E-state index is -0.436. The van der Waals surface area contributed by atoms with Crippen molar-refractivity contribution in [3.05, 3.63) is 99.8 Å². The Hall–Kier alpha value is -4.23. The molecular formula is C24H14ClN3O4. The van der Waals surface area contributed by atoms with E-state index in [1.54, 1.807) is 42.6 Å². The Morgan fingerprint density at radius 3 is 2.41 bits per heavy atom. The molecule has 2 aromatic heterocycles. The lowest BCUT2D eigenvalue weighted by Crippen LogP contribution is -1.86. The van der Waals surface area contributed by atoms with Crippen LogP contribution >= 0.6 is 11.6 Å². The highest BCUT2D eigenvalue weighted by atomic mass is 35.5. The van der Waals surface area contributed by atoms with Gasteiger partial charge in [-0.2, -0.15) is 0 Å². The summed E-state index contributed by atoms with van der Waals surface area (Å²) in [7, 11) is 0. The average Bonchev–Trinajstić information content (AvgIpc) is 3.45. The molecule has 0 saturated heterocycles. The van der Waals surface area contributed by atoms with Crippen LogP contribution in [0.2, 0.25) is 5.02 Å². The first-order valence-corrected chi connectivity index (χ1v) is 9.98. The molecule has 0 fully saturated rings. The Labute approximate surface area is 186 Å². The lowest BCUT2D eigenvalue weighted by Gasteiger charge is -1.96. The van der Waals surface area contributed by atoms with E-state index in [0.717, 1.165) is 11.1 Å². The molecule has 32 heavy (non-hydrogen) atoms. The molecule has 7 nitrogen and oxygen atoms in total. The predicted octanol–water partition coefficient (Wildman–Crippen LogP) is 7.07. The zero-order valence-electron chi connectivity index (χ0n) is 16.4. The number of furan rings is 1. The molecule has 8 heteroatoms. The third-order valence-corrected chi connectivity index (χ3v) is 5.04. The summed E-state index contributed by atoms with van der Waals surface area (Å²) in [5.41, 5.74) is 3.66. The van der Waals surface area contributed by atoms with Crippen molar-refractivity contribution in [2.45, 2.75) is 0 Å². The summed E-state index contributed by atoms with van der Waals surface area (Å²) in [6, 6.07) is 22.5. The molecule has 5 aromatic rings. The van der Waals surface area contributed by atoms with Crippen molar-refractivity contribution in [2.75, 3.05) is 0 Å². The van der Waals surface area contributed by atoms with E-state index >= 15 is 0 Å². The lowest BCUT2D eigenvalue weighted by atomic mass is 10.1. The summed E-state index contributed by atoms with van der Waals surface area (Å²) in [5, 5.41) is 11.4. The van der Waals surface area contributed by atoms with Crippen LogP contribution in [-0.4, -0.2) is 16.1 Å². The van der Waals surface area contributed by atoms with Crippen LogP contribution in [0.15, 0.2) is 92.7 Å². The topological polar surface area (TPSA) is 94.7 Å². The minimum absolute atomic E-state index is 0.0320. The number of halogens is 1. The molecule has 0 unspecified atom stereocenters. The van der Waals surface area contributed by atoms with Gasteiger partial charge in [-0.3, -0.25) is 15.1 Å². The van der Waals surface area contributed by atoms with E-state index in [-0.39, 0.29) is 5.69 Å². The van der Waals surface area contributed by atoms with Gasteiger partial charge in [0, 0.05) is 28.3 Å². The molecule has 3 aromatic carbocycles. The summed E-state index contributed by atoms with van der Waals surface area (Å²) < 4.78 is 11.6. The number of benzene rings is 3. The molecule has 0 aliphatic heterocycles. The lowest BCUT2D eigenvalue weighted by molar-refractivity contribution is -0.384. The van der Waals surface area contributed by atoms with Crippen molar-refractivity contribution in [3.63, 3.8) is 0 Å². The van der Waals surface area contributed by atoms with E-state index in [0.29, 0.717) is 39.2 Å². The molecule has 156 valence electrons. The summed E-state index contributed by atoms with van der Waals surface area (Å²) in [6.45, 7) is 0. The second-order valence-electron chi connectivity index (χ2n) is 6.94. The average molecular weight is 444 g/mol. The van der Waals surface area contributed by atoms with Gasteiger partial charge < -0.3 is 8.83 Å². The Morgan fingerprint density at radius 2 is 1.66 bits per heavy atom. The number of nitro groups is 1. The third kappa shape index (κ3) is 4.01. The maximum absolute atomic E-state index is 10.8. The highest BCUT2D eigenvalue weighted by Gasteiger charge is 2.10. The van der Waals surface area contributed by atoms with Crippen LogP contribution in [0.1, 0.15) is 5.76 Å². The third-order valence-electron chi connectivity index (χ3n) is 4.79. The van der Waals surface area contributed by atoms with Gasteiger partial charge in [-0.15, -0.1) is 0 Å². The smallest absolute Gasteiger partial charge is 0.269 e. The Bertz CT molecular complexity index is 1450. The fourth-order valence-electron chi connectivity index (χ4n) is 3.17. The van der Waals surface area contributed by atoms with Crippen molar-refractivity contribution >= 4 is 40.3 Å². The largest absolute Gasteiger partial charge is 0.455 e. The number of non-ortho nitro benzene ring substituents is 1. The number of aliphatic imine (C=N–C) groups is 1. The van der Waals surface area contributed by atoms with Gasteiger partial charge in [-0.25, -0.2) is 4.98 Å². The first kappa shape index (κ1) is 19.7. The van der Waals surface area contributed by atoms with E-state index in [4.69, 9.17) is 20.4 Å². The molecule has 0 N–H and O–H groups in total. The number of fused-ring (bicyclic) bond motifs is 1. The van der Waals surface area contributed by atoms with Gasteiger partial charge in [-0.1, -0.05) is 11.6 Å². The van der Waals surface area contributed by atoms with Crippen LogP contribution in [0.3, 0.4) is 0 Å². The van der Waals surface area contributed by atoms with Crippen LogP contribution in [0.4, 0.5) is 11.4 Å². The molecule has 0 aliphatic carbocycles. The van der Waals surface area contributed by atoms with Gasteiger partial charge in [0.05, 0.1) is 16.8 Å². The van der Waals surface area contributed by atoms with E-state index in [1.165, 1.54) is 12.1 Å². The Balaban J connectivity index is 1.35. The first-order valence-electron chi connectivity index (χ1n) is 9.60. The molecule has 0 saturated carbocycles. The van der Waals surface area contributed by atoms with Crippen LogP contribution in [0.25, 0.3) is 33.9 Å². The van der Waals surface area contributed by atoms with Gasteiger partial charge in [0.1, 0.15) is 17.0 Å². The number of nitrogens with zero attached hydrogens (tertiary/aromatic N) is 3. The number of rotatable bonds is 5. The van der Waals surface area contributed by atoms with Gasteiger partial charge in [0.15, 0.2) is 5.58 Å². The number of oxazole rings is 1. The van der Waals surface area contributed by atoms with E-state index in [2.05, 4.69) is 9.98 Å². The summed E-state index contributed by atoms with van der Waals surface area (Å²) >= 11 is 5.94. The molecular weight excluding hydrogens is 430 g/mol. The summed E-state index contributed by atoms with van der Waals surface area (Å²) in [5.74, 6) is 1.66. The highest BCUT2D eigenvalue weighted by molar-refractivity contribution is 6.30. The number of hydrogen-bond donors (Lipinski definition) is 0. The van der Waals surface area contributed by atoms with Crippen molar-refractivity contribution < 1.29 is 13.8 Å². The first-order chi connectivity index (χ1) is 15.5. The zero-order chi connectivity index (χ0) is 22.1. The SMILES string of the molecule is O=[N+]([O-])c1ccc(-c2ccc(C=Nc3ccc4oc(-c5ccc(Cl)cc5)nc4c3)o2)cc1. The second kappa shape index (κ2) is 8.13. The maximum Gasteiger partial charge on any atom is 0.269 e. The van der Waals surface area contributed by atoms with Crippen LogP contribution < -0.4 is 0 Å². The van der Waals surface area contributed by atoms with E-state index in [1.807, 2.05) is 30.3 Å². The maximum atomic E-state index is 10.8. The zero-order valence-corrected chi connectivity index (χ0v) is 17.2. The van der Waals surface area contributed by atoms with Crippen LogP contribution in [-0.2, 0) is 0 Å². The van der Waals surface area contributed by atoms with E-state index in [9.17, 15) is 10.1 Å². The summed E-state index contributed by atoms with van der Waals surface area (Å²) in [4.78, 5) is 19.3. The molecule has 0 radical (unpaired) electrons. The Morgan fingerprint density at radius 1 is 0.906 bits per heavy atom. The second-order valence-corrected chi connectivity index (χ2v) is 7.38. The van der Waals surface area contributed by atoms with Crippen molar-refractivity contribution in [3.8, 4) is 22.8 Å². The molecule has 2 heterocycles. The van der Waals surface area contributed by atoms with Gasteiger partial charge in [0.2, 0.25) is 5.89 Å². The Kier molecular flexibility index (Phi) is 5.01. The molecule has 0 spiro atoms. The van der Waals surface area contributed by atoms with Crippen molar-refractivity contribution in [2.24, 2.45) is 4.99 Å². The molecule has 0 atom stereocenters. The van der Waals surface area contributed by atoms with Gasteiger partial charge >= 0.3 is 0 Å². The normalized spacial score (nSPS) is 11.4. The highest BCUT2D eigenvalue weighted by Crippen LogP contribution is 2.28. The fraction of sp³-hybridized carbons (Fsp3) is 0. The number of hydrogen-bond acceptors (Lipinski definition) is 6. The predicted molar refractivity (Wildman–Crippen MR) is 123 cm³/mol. The minimum Gasteiger partial charge on any atom is -0.455 e. The van der Waals surface area contributed by atoms with Crippen molar-refractivity contribution in [1.82, 2.24) is 4.98 Å². The van der Waals surface area contributed by atoms with Crippen LogP contribution in [0.5, 0.6) is 0 Å². The fourth-order valence-corrected chi connectivity index (χ4v) is 3.30. The van der Waals surface area contributed by atoms with E-state index < -0.39 is 4.92 Å². The number of nitro benzene ring substituents is 1. The number of aromatic nitrogens is 1. The van der Waals surface area contributed by atoms with Crippen LogP contribution in [0, 0.1) is 10.1 Å². The standard InChI is InChI=1S/C24H14ClN3O4/c25-17-5-1-16(2-6-17)24-27-21-13-18(7-11-23(21)32-24)26-14-20-10-12-22(31-20)15-3-8-19(9-4-15)28(29)30/h1-14H. The molecule has 0 amide bonds. The molecule has 5 rings (SSSR count). The quantitative estimate of drug-likeness (QED) is 0.164. The van der Waals surface area contributed by atoms with Crippen molar-refractivity contribution in [1.29, 1.82) is 0 Å². The molecule has 0 bridgehead atoms.